The molecule has 6 nitrogen and oxygen atoms in total. The molecule has 0 radical (unpaired) electrons. The van der Waals surface area contributed by atoms with Crippen molar-refractivity contribution in [3.63, 3.8) is 0 Å². The molecule has 0 saturated carbocycles. The zero-order valence-electron chi connectivity index (χ0n) is 11.6. The number of hydrogen-bond acceptors (Lipinski definition) is 3. The molecule has 0 bridgehead atoms. The zero-order valence-corrected chi connectivity index (χ0v) is 11.6. The van der Waals surface area contributed by atoms with Gasteiger partial charge in [0.1, 0.15) is 0 Å². The second-order valence-electron chi connectivity index (χ2n) is 5.08. The second-order valence-corrected chi connectivity index (χ2v) is 5.08. The molecule has 1 aliphatic rings. The fraction of sp³-hybridized carbons (Fsp3) is 0.333. The first kappa shape index (κ1) is 13.6. The highest BCUT2D eigenvalue weighted by Gasteiger charge is 2.29. The summed E-state index contributed by atoms with van der Waals surface area (Å²) >= 11 is 0. The molecule has 0 fully saturated rings. The maximum Gasteiger partial charge on any atom is 0.318 e. The molecule has 0 saturated heterocycles. The fourth-order valence-electron chi connectivity index (χ4n) is 2.75. The summed E-state index contributed by atoms with van der Waals surface area (Å²) in [5, 5.41) is 19.2. The number of aliphatic hydroxyl groups is 1. The van der Waals surface area contributed by atoms with E-state index >= 15 is 0 Å². The number of fused-ring (bicyclic) bond motifs is 1. The average Bonchev–Trinajstić information content (AvgIpc) is 3.04. The Balaban J connectivity index is 1.71. The summed E-state index contributed by atoms with van der Waals surface area (Å²) in [6.07, 6.45) is 2.46. The van der Waals surface area contributed by atoms with Crippen molar-refractivity contribution in [3.8, 4) is 0 Å². The van der Waals surface area contributed by atoms with E-state index < -0.39 is 0 Å². The summed E-state index contributed by atoms with van der Waals surface area (Å²) in [6.45, 7) is 0.931. The van der Waals surface area contributed by atoms with Crippen LogP contribution in [0, 0.1) is 0 Å². The molecule has 21 heavy (non-hydrogen) atoms. The molecule has 1 atom stereocenters. The van der Waals surface area contributed by atoms with Gasteiger partial charge in [-0.1, -0.05) is 24.3 Å². The first-order valence-corrected chi connectivity index (χ1v) is 7.01. The highest BCUT2D eigenvalue weighted by atomic mass is 16.3. The molecule has 3 N–H and O–H groups in total. The molecule has 3 rings (SSSR count). The predicted octanol–water partition coefficient (Wildman–Crippen LogP) is 1.21. The lowest BCUT2D eigenvalue weighted by Crippen LogP contribution is -2.46. The van der Waals surface area contributed by atoms with Crippen LogP contribution in [0.5, 0.6) is 0 Å². The SMILES string of the molecule is O=C(NCc1ccn[nH]1)N1CCc2ccccc2C1CO. The van der Waals surface area contributed by atoms with Crippen LogP contribution >= 0.6 is 0 Å². The second kappa shape index (κ2) is 5.97. The van der Waals surface area contributed by atoms with Crippen LogP contribution < -0.4 is 5.32 Å². The van der Waals surface area contributed by atoms with Gasteiger partial charge in [0.25, 0.3) is 0 Å². The molecule has 0 aliphatic carbocycles. The Hall–Kier alpha value is -2.34. The molecule has 2 amide bonds. The number of amides is 2. The van der Waals surface area contributed by atoms with Crippen LogP contribution in [-0.4, -0.2) is 39.4 Å². The minimum absolute atomic E-state index is 0.0749. The van der Waals surface area contributed by atoms with Crippen molar-refractivity contribution < 1.29 is 9.90 Å². The van der Waals surface area contributed by atoms with E-state index in [2.05, 4.69) is 21.6 Å². The van der Waals surface area contributed by atoms with Crippen LogP contribution in [-0.2, 0) is 13.0 Å². The van der Waals surface area contributed by atoms with Crippen molar-refractivity contribution in [2.45, 2.75) is 19.0 Å². The Morgan fingerprint density at radius 3 is 3.05 bits per heavy atom. The maximum atomic E-state index is 12.3. The van der Waals surface area contributed by atoms with Gasteiger partial charge >= 0.3 is 6.03 Å². The number of H-pyrrole nitrogens is 1. The van der Waals surface area contributed by atoms with Crippen LogP contribution in [0.15, 0.2) is 36.5 Å². The first-order valence-electron chi connectivity index (χ1n) is 7.01. The van der Waals surface area contributed by atoms with E-state index in [9.17, 15) is 9.90 Å². The Bertz CT molecular complexity index is 612. The summed E-state index contributed by atoms with van der Waals surface area (Å²) in [5.74, 6) is 0. The number of rotatable bonds is 3. The Morgan fingerprint density at radius 2 is 2.29 bits per heavy atom. The Morgan fingerprint density at radius 1 is 1.43 bits per heavy atom. The first-order chi connectivity index (χ1) is 10.3. The van der Waals surface area contributed by atoms with Gasteiger partial charge in [0.2, 0.25) is 0 Å². The minimum atomic E-state index is -0.281. The predicted molar refractivity (Wildman–Crippen MR) is 77.5 cm³/mol. The van der Waals surface area contributed by atoms with Gasteiger partial charge in [-0.2, -0.15) is 5.10 Å². The summed E-state index contributed by atoms with van der Waals surface area (Å²) in [4.78, 5) is 14.0. The molecule has 0 spiro atoms. The third-order valence-electron chi connectivity index (χ3n) is 3.83. The van der Waals surface area contributed by atoms with Crippen LogP contribution in [0.1, 0.15) is 22.9 Å². The van der Waals surface area contributed by atoms with Crippen LogP contribution in [0.3, 0.4) is 0 Å². The smallest absolute Gasteiger partial charge is 0.318 e. The van der Waals surface area contributed by atoms with Crippen LogP contribution in [0.25, 0.3) is 0 Å². The highest BCUT2D eigenvalue weighted by Crippen LogP contribution is 2.29. The molecule has 110 valence electrons. The number of aliphatic hydroxyl groups excluding tert-OH is 1. The molecule has 1 aromatic carbocycles. The number of nitrogens with one attached hydrogen (secondary N) is 2. The van der Waals surface area contributed by atoms with Gasteiger partial charge in [-0.15, -0.1) is 0 Å². The van der Waals surface area contributed by atoms with Gasteiger partial charge in [0.15, 0.2) is 0 Å². The van der Waals surface area contributed by atoms with E-state index in [4.69, 9.17) is 0 Å². The lowest BCUT2D eigenvalue weighted by molar-refractivity contribution is 0.126. The Kier molecular flexibility index (Phi) is 3.87. The van der Waals surface area contributed by atoms with Gasteiger partial charge in [0, 0.05) is 12.7 Å². The average molecular weight is 286 g/mol. The number of hydrogen-bond donors (Lipinski definition) is 3. The van der Waals surface area contributed by atoms with Crippen molar-refractivity contribution in [1.82, 2.24) is 20.4 Å². The van der Waals surface area contributed by atoms with Crippen molar-refractivity contribution in [1.29, 1.82) is 0 Å². The van der Waals surface area contributed by atoms with Gasteiger partial charge < -0.3 is 15.3 Å². The molecule has 1 aliphatic heterocycles. The third kappa shape index (κ3) is 2.75. The van der Waals surface area contributed by atoms with E-state index in [0.29, 0.717) is 13.1 Å². The maximum absolute atomic E-state index is 12.3. The van der Waals surface area contributed by atoms with Gasteiger partial charge in [-0.25, -0.2) is 4.79 Å². The topological polar surface area (TPSA) is 81.2 Å². The summed E-state index contributed by atoms with van der Waals surface area (Å²) in [5.41, 5.74) is 3.08. The monoisotopic (exact) mass is 286 g/mol. The van der Waals surface area contributed by atoms with E-state index in [1.54, 1.807) is 11.1 Å². The standard InChI is InChI=1S/C15H18N4O2/c20-10-14-13-4-2-1-3-11(13)6-8-19(14)15(21)16-9-12-5-7-17-18-12/h1-5,7,14,20H,6,8-10H2,(H,16,21)(H,17,18). The normalized spacial score (nSPS) is 17.4. The fourth-order valence-corrected chi connectivity index (χ4v) is 2.75. The molecule has 6 heteroatoms. The largest absolute Gasteiger partial charge is 0.394 e. The summed E-state index contributed by atoms with van der Waals surface area (Å²) < 4.78 is 0. The number of nitrogens with zero attached hydrogens (tertiary/aromatic N) is 2. The van der Waals surface area contributed by atoms with Crippen LogP contribution in [0.4, 0.5) is 4.79 Å². The zero-order chi connectivity index (χ0) is 14.7. The number of aromatic amines is 1. The summed E-state index contributed by atoms with van der Waals surface area (Å²) in [6, 6.07) is 9.32. The number of urea groups is 1. The van der Waals surface area contributed by atoms with Crippen molar-refractivity contribution in [3.05, 3.63) is 53.3 Å². The molecule has 2 aromatic rings. The van der Waals surface area contributed by atoms with Crippen LogP contribution in [0.2, 0.25) is 0 Å². The number of carbonyl (C=O) groups is 1. The van der Waals surface area contributed by atoms with Gasteiger partial charge in [-0.3, -0.25) is 5.10 Å². The minimum Gasteiger partial charge on any atom is -0.394 e. The molecule has 1 unspecified atom stereocenters. The molecule has 2 heterocycles. The third-order valence-corrected chi connectivity index (χ3v) is 3.83. The Labute approximate surface area is 122 Å². The van der Waals surface area contributed by atoms with E-state index in [1.165, 1.54) is 5.56 Å². The van der Waals surface area contributed by atoms with E-state index in [-0.39, 0.29) is 18.7 Å². The van der Waals surface area contributed by atoms with E-state index in [1.807, 2.05) is 24.3 Å². The van der Waals surface area contributed by atoms with Crippen molar-refractivity contribution >= 4 is 6.03 Å². The van der Waals surface area contributed by atoms with Gasteiger partial charge in [0.05, 0.1) is 24.9 Å². The molecule has 1 aromatic heterocycles. The number of aromatic nitrogens is 2. The van der Waals surface area contributed by atoms with Crippen molar-refractivity contribution in [2.24, 2.45) is 0 Å². The summed E-state index contributed by atoms with van der Waals surface area (Å²) in [7, 11) is 0. The molecular formula is C15H18N4O2. The van der Waals surface area contributed by atoms with Gasteiger partial charge in [-0.05, 0) is 23.6 Å². The molecular weight excluding hydrogens is 268 g/mol. The number of benzene rings is 1. The number of carbonyl (C=O) groups excluding carboxylic acids is 1. The van der Waals surface area contributed by atoms with E-state index in [0.717, 1.165) is 17.7 Å². The highest BCUT2D eigenvalue weighted by molar-refractivity contribution is 5.75. The quantitative estimate of drug-likeness (QED) is 0.793. The van der Waals surface area contributed by atoms with Crippen molar-refractivity contribution in [2.75, 3.05) is 13.2 Å². The lowest BCUT2D eigenvalue weighted by Gasteiger charge is -2.36. The lowest BCUT2D eigenvalue weighted by atomic mass is 9.93.